The summed E-state index contributed by atoms with van der Waals surface area (Å²) in [6.45, 7) is 2.24. The van der Waals surface area contributed by atoms with Crippen molar-refractivity contribution >= 4 is 21.7 Å². The number of rotatable bonds is 5. The molecule has 7 heteroatoms. The lowest BCUT2D eigenvalue weighted by atomic mass is 10.0. The van der Waals surface area contributed by atoms with Crippen molar-refractivity contribution < 1.29 is 13.2 Å². The molecule has 1 amide bonds. The second-order valence-corrected chi connectivity index (χ2v) is 7.18. The first-order chi connectivity index (χ1) is 10.0. The number of pyridine rings is 1. The first kappa shape index (κ1) is 15.9. The zero-order valence-electron chi connectivity index (χ0n) is 12.2. The van der Waals surface area contributed by atoms with Crippen LogP contribution < -0.4 is 5.32 Å². The number of hydrogen-bond donors (Lipinski definition) is 1. The lowest BCUT2D eigenvalue weighted by molar-refractivity contribution is -0.120. The predicted octanol–water partition coefficient (Wildman–Crippen LogP) is 1.61. The smallest absolute Gasteiger partial charge is 0.243 e. The highest BCUT2D eigenvalue weighted by Gasteiger charge is 2.36. The molecule has 1 N–H and O–H groups in total. The number of nitrogens with zero attached hydrogens (tertiary/aromatic N) is 2. The summed E-state index contributed by atoms with van der Waals surface area (Å²) in [5.41, 5.74) is 0. The van der Waals surface area contributed by atoms with Crippen molar-refractivity contribution in [1.29, 1.82) is 0 Å². The van der Waals surface area contributed by atoms with Crippen LogP contribution in [0.25, 0.3) is 0 Å². The van der Waals surface area contributed by atoms with Crippen LogP contribution in [0.2, 0.25) is 0 Å². The van der Waals surface area contributed by atoms with E-state index in [-0.39, 0.29) is 11.7 Å². The molecule has 1 aliphatic heterocycles. The minimum atomic E-state index is -3.37. The largest absolute Gasteiger partial charge is 0.309 e. The average Bonchev–Trinajstić information content (AvgIpc) is 2.48. The monoisotopic (exact) mass is 311 g/mol. The molecule has 1 fully saturated rings. The molecule has 0 radical (unpaired) electrons. The van der Waals surface area contributed by atoms with Gasteiger partial charge in [0.15, 0.2) is 0 Å². The van der Waals surface area contributed by atoms with E-state index in [0.717, 1.165) is 12.8 Å². The van der Waals surface area contributed by atoms with Gasteiger partial charge >= 0.3 is 0 Å². The maximum atomic E-state index is 12.4. The van der Waals surface area contributed by atoms with Gasteiger partial charge in [-0.25, -0.2) is 13.4 Å². The van der Waals surface area contributed by atoms with Crippen LogP contribution in [-0.2, 0) is 14.8 Å². The predicted molar refractivity (Wildman–Crippen MR) is 81.3 cm³/mol. The lowest BCUT2D eigenvalue weighted by Gasteiger charge is -2.33. The Bertz CT molecular complexity index is 574. The molecule has 0 saturated carbocycles. The molecule has 1 saturated heterocycles. The minimum Gasteiger partial charge on any atom is -0.309 e. The molecular formula is C14H21N3O3S. The zero-order chi connectivity index (χ0) is 15.3. The molecular weight excluding hydrogens is 290 g/mol. The topological polar surface area (TPSA) is 79.4 Å². The van der Waals surface area contributed by atoms with E-state index < -0.39 is 16.1 Å². The van der Waals surface area contributed by atoms with E-state index in [1.165, 1.54) is 4.31 Å². The Labute approximate surface area is 125 Å². The molecule has 0 aromatic carbocycles. The van der Waals surface area contributed by atoms with Crippen LogP contribution in [0.15, 0.2) is 24.4 Å². The van der Waals surface area contributed by atoms with E-state index >= 15 is 0 Å². The molecule has 116 valence electrons. The molecule has 1 aromatic heterocycles. The van der Waals surface area contributed by atoms with E-state index in [0.29, 0.717) is 25.2 Å². The van der Waals surface area contributed by atoms with E-state index in [2.05, 4.69) is 10.3 Å². The van der Waals surface area contributed by atoms with Gasteiger partial charge in [-0.05, 0) is 31.4 Å². The Balaban J connectivity index is 2.13. The number of anilines is 1. The fourth-order valence-electron chi connectivity index (χ4n) is 2.52. The molecule has 2 rings (SSSR count). The van der Waals surface area contributed by atoms with Crippen molar-refractivity contribution in [2.45, 2.75) is 38.6 Å². The third-order valence-electron chi connectivity index (χ3n) is 3.49. The van der Waals surface area contributed by atoms with Gasteiger partial charge < -0.3 is 5.32 Å². The van der Waals surface area contributed by atoms with E-state index in [1.807, 2.05) is 6.92 Å². The van der Waals surface area contributed by atoms with E-state index in [9.17, 15) is 13.2 Å². The summed E-state index contributed by atoms with van der Waals surface area (Å²) < 4.78 is 25.9. The summed E-state index contributed by atoms with van der Waals surface area (Å²) in [6, 6.07) is 4.59. The molecule has 1 unspecified atom stereocenters. The Morgan fingerprint density at radius 3 is 2.90 bits per heavy atom. The number of sulfonamides is 1. The van der Waals surface area contributed by atoms with Gasteiger partial charge in [-0.15, -0.1) is 0 Å². The van der Waals surface area contributed by atoms with E-state index in [1.54, 1.807) is 24.4 Å². The van der Waals surface area contributed by atoms with Crippen LogP contribution in [-0.4, -0.2) is 42.0 Å². The summed E-state index contributed by atoms with van der Waals surface area (Å²) in [6.07, 6.45) is 4.35. The normalized spacial score (nSPS) is 20.1. The van der Waals surface area contributed by atoms with Gasteiger partial charge in [0.05, 0.1) is 5.75 Å². The summed E-state index contributed by atoms with van der Waals surface area (Å²) in [5, 5.41) is 2.70. The van der Waals surface area contributed by atoms with Crippen LogP contribution in [0.5, 0.6) is 0 Å². The van der Waals surface area contributed by atoms with Crippen LogP contribution in [0.3, 0.4) is 0 Å². The van der Waals surface area contributed by atoms with Gasteiger partial charge in [0, 0.05) is 12.7 Å². The van der Waals surface area contributed by atoms with Gasteiger partial charge in [0.2, 0.25) is 15.9 Å². The molecule has 6 nitrogen and oxygen atoms in total. The first-order valence-electron chi connectivity index (χ1n) is 7.26. The number of hydrogen-bond acceptors (Lipinski definition) is 4. The molecule has 21 heavy (non-hydrogen) atoms. The number of carbonyl (C=O) groups excluding carboxylic acids is 1. The average molecular weight is 311 g/mol. The van der Waals surface area contributed by atoms with Gasteiger partial charge in [-0.2, -0.15) is 4.31 Å². The summed E-state index contributed by atoms with van der Waals surface area (Å²) >= 11 is 0. The third-order valence-corrected chi connectivity index (χ3v) is 5.57. The Morgan fingerprint density at radius 1 is 1.43 bits per heavy atom. The van der Waals surface area contributed by atoms with Gasteiger partial charge in [0.1, 0.15) is 11.9 Å². The summed E-state index contributed by atoms with van der Waals surface area (Å²) in [7, 11) is -3.37. The zero-order valence-corrected chi connectivity index (χ0v) is 13.0. The van der Waals surface area contributed by atoms with Crippen LogP contribution in [0, 0.1) is 0 Å². The summed E-state index contributed by atoms with van der Waals surface area (Å²) in [4.78, 5) is 16.4. The molecule has 0 spiro atoms. The highest BCUT2D eigenvalue weighted by molar-refractivity contribution is 7.89. The Morgan fingerprint density at radius 2 is 2.24 bits per heavy atom. The molecule has 1 atom stereocenters. The molecule has 2 heterocycles. The number of amides is 1. The quantitative estimate of drug-likeness (QED) is 0.896. The van der Waals surface area contributed by atoms with Crippen molar-refractivity contribution in [3.05, 3.63) is 24.4 Å². The maximum Gasteiger partial charge on any atom is 0.243 e. The Hall–Kier alpha value is -1.47. The van der Waals surface area contributed by atoms with Gasteiger partial charge in [-0.1, -0.05) is 19.4 Å². The first-order valence-corrected chi connectivity index (χ1v) is 8.87. The van der Waals surface area contributed by atoms with Gasteiger partial charge in [0.25, 0.3) is 0 Å². The molecule has 1 aliphatic rings. The fraction of sp³-hybridized carbons (Fsp3) is 0.571. The second kappa shape index (κ2) is 7.00. The van der Waals surface area contributed by atoms with Crippen LogP contribution in [0.1, 0.15) is 32.6 Å². The van der Waals surface area contributed by atoms with Crippen molar-refractivity contribution in [3.63, 3.8) is 0 Å². The highest BCUT2D eigenvalue weighted by atomic mass is 32.2. The van der Waals surface area contributed by atoms with Crippen molar-refractivity contribution in [2.24, 2.45) is 0 Å². The number of nitrogens with one attached hydrogen (secondary N) is 1. The molecule has 0 bridgehead atoms. The SMILES string of the molecule is CCCS(=O)(=O)N1CCCCC1C(=O)Nc1ccccn1. The minimum absolute atomic E-state index is 0.0837. The standard InChI is InChI=1S/C14H21N3O3S/c1-2-11-21(19,20)17-10-6-4-7-12(17)14(18)16-13-8-3-5-9-15-13/h3,5,8-9,12H,2,4,6-7,10-11H2,1H3,(H,15,16,18). The van der Waals surface area contributed by atoms with Crippen LogP contribution in [0.4, 0.5) is 5.82 Å². The van der Waals surface area contributed by atoms with Crippen molar-refractivity contribution in [1.82, 2.24) is 9.29 Å². The lowest BCUT2D eigenvalue weighted by Crippen LogP contribution is -2.50. The molecule has 1 aromatic rings. The van der Waals surface area contributed by atoms with Gasteiger partial charge in [-0.3, -0.25) is 4.79 Å². The number of piperidine rings is 1. The van der Waals surface area contributed by atoms with Crippen molar-refractivity contribution in [3.8, 4) is 0 Å². The summed E-state index contributed by atoms with van der Waals surface area (Å²) in [5.74, 6) is 0.231. The third kappa shape index (κ3) is 4.01. The Kier molecular flexibility index (Phi) is 5.30. The van der Waals surface area contributed by atoms with Crippen LogP contribution >= 0.6 is 0 Å². The second-order valence-electron chi connectivity index (χ2n) is 5.14. The number of carbonyl (C=O) groups is 1. The highest BCUT2D eigenvalue weighted by Crippen LogP contribution is 2.22. The maximum absolute atomic E-state index is 12.4. The van der Waals surface area contributed by atoms with E-state index in [4.69, 9.17) is 0 Å². The molecule has 0 aliphatic carbocycles. The number of aromatic nitrogens is 1. The fourth-order valence-corrected chi connectivity index (χ4v) is 4.27. The van der Waals surface area contributed by atoms with Crippen molar-refractivity contribution in [2.75, 3.05) is 17.6 Å².